The molecule has 0 aliphatic heterocycles. The maximum absolute atomic E-state index is 10.6. The Morgan fingerprint density at radius 3 is 2.38 bits per heavy atom. The number of primary amides is 1. The van der Waals surface area contributed by atoms with Crippen molar-refractivity contribution in [1.29, 1.82) is 0 Å². The third kappa shape index (κ3) is 3.29. The summed E-state index contributed by atoms with van der Waals surface area (Å²) in [5.74, 6) is -0.676. The van der Waals surface area contributed by atoms with Gasteiger partial charge in [0.2, 0.25) is 0 Å². The minimum Gasteiger partial charge on any atom is -0.397 e. The van der Waals surface area contributed by atoms with Crippen LogP contribution in [0.5, 0.6) is 0 Å². The zero-order chi connectivity index (χ0) is 10.4. The quantitative estimate of drug-likeness (QED) is 0.675. The molecule has 1 aromatic rings. The number of nitrogens with zero attached hydrogens (tertiary/aromatic N) is 1. The third-order valence-corrected chi connectivity index (χ3v) is 1.34. The fourth-order valence-corrected chi connectivity index (χ4v) is 0.791. The highest BCUT2D eigenvalue weighted by Gasteiger charge is 2.06. The third-order valence-electron chi connectivity index (χ3n) is 1.13. The fraction of sp³-hybridized carbons (Fsp3) is 0.250. The monoisotopic (exact) mass is 201 g/mol. The van der Waals surface area contributed by atoms with Crippen molar-refractivity contribution in [3.63, 3.8) is 0 Å². The van der Waals surface area contributed by atoms with Gasteiger partial charge < -0.3 is 11.5 Å². The van der Waals surface area contributed by atoms with Gasteiger partial charge in [-0.15, -0.1) is 0 Å². The second kappa shape index (κ2) is 5.37. The van der Waals surface area contributed by atoms with Crippen LogP contribution in [0.3, 0.4) is 0 Å². The van der Waals surface area contributed by atoms with E-state index in [1.54, 1.807) is 0 Å². The maximum atomic E-state index is 10.6. The molecule has 1 amide bonds. The number of hydrogen-bond donors (Lipinski definition) is 2. The van der Waals surface area contributed by atoms with Gasteiger partial charge >= 0.3 is 0 Å². The molecule has 0 aliphatic rings. The van der Waals surface area contributed by atoms with Crippen LogP contribution in [0.2, 0.25) is 5.15 Å². The summed E-state index contributed by atoms with van der Waals surface area (Å²) in [5, 5.41) is 0.202. The minimum atomic E-state index is -0.676. The molecule has 0 bridgehead atoms. The van der Waals surface area contributed by atoms with Crippen LogP contribution in [0.15, 0.2) is 12.1 Å². The molecule has 0 fully saturated rings. The van der Waals surface area contributed by atoms with Crippen molar-refractivity contribution in [3.8, 4) is 0 Å². The Bertz CT molecular complexity index is 301. The second-order valence-corrected chi connectivity index (χ2v) is 2.32. The lowest BCUT2D eigenvalue weighted by Crippen LogP contribution is -2.15. The van der Waals surface area contributed by atoms with E-state index in [-0.39, 0.29) is 16.5 Å². The molecule has 0 spiro atoms. The first-order chi connectivity index (χ1) is 6.11. The van der Waals surface area contributed by atoms with Crippen molar-refractivity contribution in [3.05, 3.63) is 23.0 Å². The molecule has 4 N–H and O–H groups in total. The Kier molecular flexibility index (Phi) is 4.84. The van der Waals surface area contributed by atoms with Gasteiger partial charge in [-0.25, -0.2) is 4.98 Å². The average molecular weight is 202 g/mol. The first-order valence-corrected chi connectivity index (χ1v) is 4.21. The normalized spacial score (nSPS) is 8.54. The molecule has 1 heterocycles. The highest BCUT2D eigenvalue weighted by molar-refractivity contribution is 6.29. The smallest absolute Gasteiger partial charge is 0.269 e. The molecule has 0 unspecified atom stereocenters. The molecular weight excluding hydrogens is 190 g/mol. The van der Waals surface area contributed by atoms with Crippen LogP contribution in [0.1, 0.15) is 24.3 Å². The molecule has 13 heavy (non-hydrogen) atoms. The Morgan fingerprint density at radius 1 is 1.46 bits per heavy atom. The number of pyridine rings is 1. The summed E-state index contributed by atoms with van der Waals surface area (Å²) in [6, 6.07) is 2.97. The van der Waals surface area contributed by atoms with E-state index in [2.05, 4.69) is 4.98 Å². The minimum absolute atomic E-state index is 0.0116. The molecule has 0 aromatic carbocycles. The number of halogens is 1. The van der Waals surface area contributed by atoms with Gasteiger partial charge in [0.25, 0.3) is 5.91 Å². The number of nitrogens with two attached hydrogens (primary N) is 2. The number of carbonyl (C=O) groups is 1. The predicted molar refractivity (Wildman–Crippen MR) is 53.5 cm³/mol. The van der Waals surface area contributed by atoms with Crippen molar-refractivity contribution in [1.82, 2.24) is 4.98 Å². The van der Waals surface area contributed by atoms with Crippen LogP contribution >= 0.6 is 11.6 Å². The largest absolute Gasteiger partial charge is 0.397 e. The first kappa shape index (κ1) is 11.7. The zero-order valence-corrected chi connectivity index (χ0v) is 8.30. The van der Waals surface area contributed by atoms with Gasteiger partial charge in [0.1, 0.15) is 5.15 Å². The van der Waals surface area contributed by atoms with Crippen LogP contribution in [0, 0.1) is 0 Å². The summed E-state index contributed by atoms with van der Waals surface area (Å²) in [4.78, 5) is 14.2. The summed E-state index contributed by atoms with van der Waals surface area (Å²) in [5.41, 5.74) is 10.6. The number of anilines is 1. The molecule has 1 rings (SSSR count). The van der Waals surface area contributed by atoms with Crippen molar-refractivity contribution < 1.29 is 4.79 Å². The van der Waals surface area contributed by atoms with Crippen molar-refractivity contribution in [2.75, 3.05) is 5.73 Å². The number of hydrogen-bond acceptors (Lipinski definition) is 3. The lowest BCUT2D eigenvalue weighted by Gasteiger charge is -1.98. The van der Waals surface area contributed by atoms with E-state index >= 15 is 0 Å². The van der Waals surface area contributed by atoms with Gasteiger partial charge in [-0.1, -0.05) is 25.4 Å². The van der Waals surface area contributed by atoms with E-state index in [0.29, 0.717) is 0 Å². The van der Waals surface area contributed by atoms with Crippen molar-refractivity contribution >= 4 is 23.2 Å². The fourth-order valence-electron chi connectivity index (χ4n) is 0.643. The Balaban J connectivity index is 0.000000671. The van der Waals surface area contributed by atoms with Crippen LogP contribution in [-0.2, 0) is 0 Å². The van der Waals surface area contributed by atoms with Gasteiger partial charge in [-0.05, 0) is 12.1 Å². The topological polar surface area (TPSA) is 82.0 Å². The van der Waals surface area contributed by atoms with E-state index in [1.807, 2.05) is 13.8 Å². The van der Waals surface area contributed by atoms with Crippen LogP contribution in [0.25, 0.3) is 0 Å². The second-order valence-electron chi connectivity index (χ2n) is 1.94. The summed E-state index contributed by atoms with van der Waals surface area (Å²) < 4.78 is 0. The van der Waals surface area contributed by atoms with Crippen molar-refractivity contribution in [2.45, 2.75) is 13.8 Å². The van der Waals surface area contributed by atoms with Crippen molar-refractivity contribution in [2.24, 2.45) is 5.73 Å². The molecular formula is C8H12ClN3O. The molecule has 72 valence electrons. The predicted octanol–water partition coefficient (Wildman–Crippen LogP) is 1.44. The van der Waals surface area contributed by atoms with Crippen LogP contribution in [-0.4, -0.2) is 10.9 Å². The summed E-state index contributed by atoms with van der Waals surface area (Å²) in [6.45, 7) is 4.00. The molecule has 0 atom stereocenters. The number of aromatic nitrogens is 1. The van der Waals surface area contributed by atoms with E-state index in [4.69, 9.17) is 23.1 Å². The molecule has 0 saturated heterocycles. The molecule has 4 nitrogen and oxygen atoms in total. The van der Waals surface area contributed by atoms with E-state index in [1.165, 1.54) is 12.1 Å². The first-order valence-electron chi connectivity index (χ1n) is 3.83. The van der Waals surface area contributed by atoms with E-state index in [9.17, 15) is 4.79 Å². The van der Waals surface area contributed by atoms with Crippen LogP contribution < -0.4 is 11.5 Å². The lowest BCUT2D eigenvalue weighted by molar-refractivity contribution is 0.0996. The lowest BCUT2D eigenvalue weighted by atomic mass is 10.3. The molecule has 0 radical (unpaired) electrons. The van der Waals surface area contributed by atoms with Gasteiger partial charge in [0.15, 0.2) is 5.69 Å². The Labute approximate surface area is 81.9 Å². The number of amides is 1. The molecule has 0 aliphatic carbocycles. The SMILES string of the molecule is CC.NC(=O)c1nc(Cl)ccc1N. The highest BCUT2D eigenvalue weighted by atomic mass is 35.5. The summed E-state index contributed by atoms with van der Waals surface area (Å²) in [6.07, 6.45) is 0. The Morgan fingerprint density at radius 2 is 2.00 bits per heavy atom. The maximum Gasteiger partial charge on any atom is 0.269 e. The standard InChI is InChI=1S/C6H6ClN3O.C2H6/c7-4-2-1-3(8)5(10-4)6(9)11;1-2/h1-2H,8H2,(H2,9,11);1-2H3. The number of carbonyl (C=O) groups excluding carboxylic acids is 1. The van der Waals surface area contributed by atoms with Crippen LogP contribution in [0.4, 0.5) is 5.69 Å². The molecule has 5 heteroatoms. The molecule has 1 aromatic heterocycles. The number of rotatable bonds is 1. The summed E-state index contributed by atoms with van der Waals surface area (Å²) >= 11 is 5.49. The van der Waals surface area contributed by atoms with Gasteiger partial charge in [-0.3, -0.25) is 4.79 Å². The van der Waals surface area contributed by atoms with Gasteiger partial charge in [0.05, 0.1) is 5.69 Å². The van der Waals surface area contributed by atoms with E-state index in [0.717, 1.165) is 0 Å². The van der Waals surface area contributed by atoms with E-state index < -0.39 is 5.91 Å². The highest BCUT2D eigenvalue weighted by Crippen LogP contribution is 2.11. The number of nitrogen functional groups attached to an aromatic ring is 1. The zero-order valence-electron chi connectivity index (χ0n) is 7.54. The summed E-state index contributed by atoms with van der Waals surface area (Å²) in [7, 11) is 0. The van der Waals surface area contributed by atoms with Gasteiger partial charge in [-0.2, -0.15) is 0 Å². The Hall–Kier alpha value is -1.29. The molecule has 0 saturated carbocycles. The van der Waals surface area contributed by atoms with Gasteiger partial charge in [0, 0.05) is 0 Å². The average Bonchev–Trinajstić information content (AvgIpc) is 2.12.